The van der Waals surface area contributed by atoms with Gasteiger partial charge in [-0.15, -0.1) is 0 Å². The summed E-state index contributed by atoms with van der Waals surface area (Å²) in [5.74, 6) is 0. The number of halogens is 1. The Labute approximate surface area is 139 Å². The first-order chi connectivity index (χ1) is 9.50. The first kappa shape index (κ1) is 17.6. The van der Waals surface area contributed by atoms with Crippen LogP contribution in [0, 0.1) is 0 Å². The first-order valence-corrected chi connectivity index (χ1v) is 16.2. The standard InChI is InChI=1S/C12H22BBrO4Si3/c1-19(2)15-13(11-9-7-8-10-12(11)14)16-20(3,4)18-21(5,6)17-19/h7-10H,1-6H3. The van der Waals surface area contributed by atoms with Gasteiger partial charge in [0.2, 0.25) is 0 Å². The van der Waals surface area contributed by atoms with Crippen molar-refractivity contribution in [3.8, 4) is 0 Å². The van der Waals surface area contributed by atoms with Crippen LogP contribution >= 0.6 is 15.9 Å². The molecular weight excluding hydrogens is 383 g/mol. The van der Waals surface area contributed by atoms with Gasteiger partial charge < -0.3 is 16.9 Å². The third-order valence-electron chi connectivity index (χ3n) is 2.92. The molecule has 1 aliphatic heterocycles. The van der Waals surface area contributed by atoms with Crippen molar-refractivity contribution in [1.29, 1.82) is 0 Å². The Morgan fingerprint density at radius 3 is 1.76 bits per heavy atom. The van der Waals surface area contributed by atoms with Gasteiger partial charge in [0.05, 0.1) is 0 Å². The van der Waals surface area contributed by atoms with Gasteiger partial charge in [0.1, 0.15) is 0 Å². The molecule has 1 aromatic carbocycles. The molecule has 21 heavy (non-hydrogen) atoms. The van der Waals surface area contributed by atoms with Crippen LogP contribution < -0.4 is 5.46 Å². The van der Waals surface area contributed by atoms with Gasteiger partial charge >= 0.3 is 32.8 Å². The molecule has 0 N–H and O–H groups in total. The van der Waals surface area contributed by atoms with Gasteiger partial charge in [-0.2, -0.15) is 0 Å². The van der Waals surface area contributed by atoms with Crippen molar-refractivity contribution in [2.75, 3.05) is 0 Å². The zero-order valence-electron chi connectivity index (χ0n) is 13.4. The minimum Gasteiger partial charge on any atom is -0.430 e. The fourth-order valence-electron chi connectivity index (χ4n) is 2.59. The Bertz CT molecular complexity index is 505. The summed E-state index contributed by atoms with van der Waals surface area (Å²) in [4.78, 5) is 0. The van der Waals surface area contributed by atoms with Crippen molar-refractivity contribution in [2.45, 2.75) is 39.3 Å². The van der Waals surface area contributed by atoms with Gasteiger partial charge in [0, 0.05) is 4.47 Å². The van der Waals surface area contributed by atoms with Gasteiger partial charge in [0.25, 0.3) is 0 Å². The van der Waals surface area contributed by atoms with E-state index in [9.17, 15) is 0 Å². The van der Waals surface area contributed by atoms with E-state index in [4.69, 9.17) is 16.9 Å². The molecule has 0 unspecified atom stereocenters. The largest absolute Gasteiger partial charge is 0.476 e. The van der Waals surface area contributed by atoms with E-state index in [0.717, 1.165) is 9.94 Å². The zero-order chi connectivity index (χ0) is 15.9. The van der Waals surface area contributed by atoms with Gasteiger partial charge in [-0.3, -0.25) is 0 Å². The normalized spacial score (nSPS) is 24.2. The Kier molecular flexibility index (Phi) is 5.07. The summed E-state index contributed by atoms with van der Waals surface area (Å²) in [6.45, 7) is 12.3. The van der Waals surface area contributed by atoms with Crippen LogP contribution in [0.5, 0.6) is 0 Å². The summed E-state index contributed by atoms with van der Waals surface area (Å²) in [5.41, 5.74) is 0.979. The summed E-state index contributed by atoms with van der Waals surface area (Å²) >= 11 is 3.57. The Morgan fingerprint density at radius 1 is 0.810 bits per heavy atom. The molecule has 0 aliphatic carbocycles. The van der Waals surface area contributed by atoms with Crippen LogP contribution in [0.2, 0.25) is 39.3 Å². The molecule has 1 aliphatic rings. The Balaban J connectivity index is 2.36. The Morgan fingerprint density at radius 2 is 1.29 bits per heavy atom. The molecule has 2 rings (SSSR count). The SMILES string of the molecule is C[Si]1(C)OB(c2ccccc2Br)O[Si](C)(C)O[Si](C)(C)O1. The molecule has 0 spiro atoms. The number of benzene rings is 1. The van der Waals surface area contributed by atoms with E-state index >= 15 is 0 Å². The molecule has 1 saturated heterocycles. The predicted octanol–water partition coefficient (Wildman–Crippen LogP) is 3.33. The minimum absolute atomic E-state index is 0.450. The fraction of sp³-hybridized carbons (Fsp3) is 0.500. The molecule has 9 heteroatoms. The highest BCUT2D eigenvalue weighted by Crippen LogP contribution is 2.27. The topological polar surface area (TPSA) is 36.9 Å². The van der Waals surface area contributed by atoms with E-state index in [0.29, 0.717) is 0 Å². The van der Waals surface area contributed by atoms with Crippen LogP contribution in [0.4, 0.5) is 0 Å². The maximum Gasteiger partial charge on any atom is 0.476 e. The van der Waals surface area contributed by atoms with E-state index in [-0.39, 0.29) is 0 Å². The molecule has 4 nitrogen and oxygen atoms in total. The second-order valence-electron chi connectivity index (χ2n) is 6.49. The maximum absolute atomic E-state index is 6.27. The van der Waals surface area contributed by atoms with Crippen molar-refractivity contribution in [3.05, 3.63) is 28.7 Å². The molecule has 116 valence electrons. The fourth-order valence-corrected chi connectivity index (χ4v) is 14.9. The third kappa shape index (κ3) is 4.86. The molecule has 1 fully saturated rings. The second kappa shape index (κ2) is 6.04. The minimum atomic E-state index is -2.33. The highest BCUT2D eigenvalue weighted by atomic mass is 79.9. The Hall–Kier alpha value is 0.256. The summed E-state index contributed by atoms with van der Waals surface area (Å²) in [6, 6.07) is 7.96. The van der Waals surface area contributed by atoms with Crippen molar-refractivity contribution in [3.63, 3.8) is 0 Å². The molecule has 1 aromatic rings. The molecule has 0 aromatic heterocycles. The van der Waals surface area contributed by atoms with Crippen molar-refractivity contribution >= 4 is 54.2 Å². The van der Waals surface area contributed by atoms with E-state index in [1.807, 2.05) is 50.5 Å². The van der Waals surface area contributed by atoms with Crippen LogP contribution in [0.1, 0.15) is 0 Å². The maximum atomic E-state index is 6.27. The number of hydrogen-bond donors (Lipinski definition) is 0. The van der Waals surface area contributed by atoms with E-state index in [1.54, 1.807) is 0 Å². The van der Waals surface area contributed by atoms with Crippen LogP contribution in [0.15, 0.2) is 28.7 Å². The lowest BCUT2D eigenvalue weighted by Crippen LogP contribution is -2.63. The molecular formula is C12H22BBrO4Si3. The first-order valence-electron chi connectivity index (χ1n) is 7.00. The summed E-state index contributed by atoms with van der Waals surface area (Å²) in [5, 5.41) is 0. The van der Waals surface area contributed by atoms with E-state index in [2.05, 4.69) is 29.0 Å². The molecule has 0 atom stereocenters. The van der Waals surface area contributed by atoms with Crippen molar-refractivity contribution < 1.29 is 16.9 Å². The highest BCUT2D eigenvalue weighted by molar-refractivity contribution is 9.10. The number of hydrogen-bond acceptors (Lipinski definition) is 4. The van der Waals surface area contributed by atoms with Gasteiger partial charge in [0.15, 0.2) is 0 Å². The van der Waals surface area contributed by atoms with Gasteiger partial charge in [-0.1, -0.05) is 34.1 Å². The predicted molar refractivity (Wildman–Crippen MR) is 96.3 cm³/mol. The summed E-state index contributed by atoms with van der Waals surface area (Å²) < 4.78 is 26.0. The van der Waals surface area contributed by atoms with Crippen LogP contribution in [-0.2, 0) is 16.9 Å². The van der Waals surface area contributed by atoms with Crippen LogP contribution in [-0.4, -0.2) is 32.8 Å². The molecule has 0 bridgehead atoms. The zero-order valence-corrected chi connectivity index (χ0v) is 18.0. The van der Waals surface area contributed by atoms with Crippen LogP contribution in [0.3, 0.4) is 0 Å². The van der Waals surface area contributed by atoms with E-state index < -0.39 is 32.8 Å². The molecule has 0 radical (unpaired) electrons. The quantitative estimate of drug-likeness (QED) is 0.672. The average Bonchev–Trinajstić information content (AvgIpc) is 2.22. The highest BCUT2D eigenvalue weighted by Gasteiger charge is 2.49. The monoisotopic (exact) mass is 404 g/mol. The summed E-state index contributed by atoms with van der Waals surface area (Å²) in [7, 11) is -7.33. The molecule has 0 amide bonds. The lowest BCUT2D eigenvalue weighted by Gasteiger charge is -2.43. The van der Waals surface area contributed by atoms with E-state index in [1.165, 1.54) is 0 Å². The second-order valence-corrected chi connectivity index (χ2v) is 17.9. The smallest absolute Gasteiger partial charge is 0.430 e. The van der Waals surface area contributed by atoms with Crippen molar-refractivity contribution in [1.82, 2.24) is 0 Å². The molecule has 0 saturated carbocycles. The van der Waals surface area contributed by atoms with Gasteiger partial charge in [-0.25, -0.2) is 0 Å². The van der Waals surface area contributed by atoms with Crippen molar-refractivity contribution in [2.24, 2.45) is 0 Å². The lowest BCUT2D eigenvalue weighted by molar-refractivity contribution is 0.254. The average molecular weight is 405 g/mol. The molecule has 1 heterocycles. The van der Waals surface area contributed by atoms with Crippen LogP contribution in [0.25, 0.3) is 0 Å². The summed E-state index contributed by atoms with van der Waals surface area (Å²) in [6.07, 6.45) is 0. The lowest BCUT2D eigenvalue weighted by atomic mass is 9.80. The number of rotatable bonds is 1. The third-order valence-corrected chi connectivity index (χ3v) is 13.1. The van der Waals surface area contributed by atoms with Gasteiger partial charge in [-0.05, 0) is 50.8 Å².